The van der Waals surface area contributed by atoms with Gasteiger partial charge in [0, 0.05) is 24.2 Å². The molecular formula is C27H25NO. The Morgan fingerprint density at radius 2 is 0.793 bits per heavy atom. The van der Waals surface area contributed by atoms with E-state index in [1.54, 1.807) is 0 Å². The van der Waals surface area contributed by atoms with E-state index in [1.165, 1.54) is 11.1 Å². The molecule has 29 heavy (non-hydrogen) atoms. The predicted octanol–water partition coefficient (Wildman–Crippen LogP) is 5.89. The van der Waals surface area contributed by atoms with E-state index in [2.05, 4.69) is 53.8 Å². The second kappa shape index (κ2) is 11.4. The van der Waals surface area contributed by atoms with E-state index < -0.39 is 0 Å². The highest BCUT2D eigenvalue weighted by atomic mass is 16.1. The summed E-state index contributed by atoms with van der Waals surface area (Å²) in [6.07, 6.45) is 0. The summed E-state index contributed by atoms with van der Waals surface area (Å²) in [5, 5.41) is 3.42. The smallest absolute Gasteiger partial charge is 0.193 e. The van der Waals surface area contributed by atoms with Crippen LogP contribution in [0.4, 0.5) is 0 Å². The Morgan fingerprint density at radius 1 is 0.483 bits per heavy atom. The zero-order valence-electron chi connectivity index (χ0n) is 16.4. The highest BCUT2D eigenvalue weighted by Crippen LogP contribution is 2.08. The molecule has 0 saturated heterocycles. The molecular weight excluding hydrogens is 354 g/mol. The van der Waals surface area contributed by atoms with Gasteiger partial charge in [0.1, 0.15) is 0 Å². The van der Waals surface area contributed by atoms with Gasteiger partial charge in [0.15, 0.2) is 5.78 Å². The van der Waals surface area contributed by atoms with Gasteiger partial charge in [-0.3, -0.25) is 4.79 Å². The van der Waals surface area contributed by atoms with E-state index in [0.29, 0.717) is 0 Å². The Balaban J connectivity index is 0.000000166. The van der Waals surface area contributed by atoms with Crippen LogP contribution in [0.5, 0.6) is 0 Å². The van der Waals surface area contributed by atoms with Gasteiger partial charge < -0.3 is 5.32 Å². The first-order valence-electron chi connectivity index (χ1n) is 9.76. The van der Waals surface area contributed by atoms with Gasteiger partial charge in [-0.2, -0.15) is 0 Å². The van der Waals surface area contributed by atoms with Gasteiger partial charge in [-0.05, 0) is 11.1 Å². The lowest BCUT2D eigenvalue weighted by molar-refractivity contribution is 0.103. The lowest BCUT2D eigenvalue weighted by Gasteiger charge is -2.04. The first-order valence-corrected chi connectivity index (χ1v) is 9.76. The molecule has 2 heteroatoms. The Hall–Kier alpha value is -3.49. The Bertz CT molecular complexity index is 887. The SMILES string of the molecule is O=C(c1ccccc1)c1ccccc1.c1ccc(CNCc2ccccc2)cc1. The molecule has 0 atom stereocenters. The standard InChI is InChI=1S/C14H15N.C13H10O/c1-3-7-13(8-4-1)11-15-12-14-9-5-2-6-10-14;14-13(11-7-3-1-4-8-11)12-9-5-2-6-10-12/h1-10,15H,11-12H2;1-10H. The Morgan fingerprint density at radius 3 is 1.14 bits per heavy atom. The number of hydrogen-bond acceptors (Lipinski definition) is 2. The van der Waals surface area contributed by atoms with Crippen molar-refractivity contribution >= 4 is 5.78 Å². The summed E-state index contributed by atoms with van der Waals surface area (Å²) in [6, 6.07) is 39.5. The van der Waals surface area contributed by atoms with Crippen LogP contribution < -0.4 is 5.32 Å². The zero-order valence-corrected chi connectivity index (χ0v) is 16.4. The van der Waals surface area contributed by atoms with Gasteiger partial charge in [-0.15, -0.1) is 0 Å². The van der Waals surface area contributed by atoms with Gasteiger partial charge in [-0.25, -0.2) is 0 Å². The molecule has 0 saturated carbocycles. The van der Waals surface area contributed by atoms with E-state index in [-0.39, 0.29) is 5.78 Å². The Labute approximate surface area is 172 Å². The van der Waals surface area contributed by atoms with Gasteiger partial charge in [0.05, 0.1) is 0 Å². The van der Waals surface area contributed by atoms with Crippen LogP contribution in [0.2, 0.25) is 0 Å². The molecule has 0 aromatic heterocycles. The van der Waals surface area contributed by atoms with Crippen molar-refractivity contribution in [1.29, 1.82) is 0 Å². The van der Waals surface area contributed by atoms with Crippen LogP contribution in [0.3, 0.4) is 0 Å². The van der Waals surface area contributed by atoms with Crippen molar-refractivity contribution in [2.75, 3.05) is 0 Å². The average Bonchev–Trinajstić information content (AvgIpc) is 2.82. The normalized spacial score (nSPS) is 9.93. The number of rotatable bonds is 6. The van der Waals surface area contributed by atoms with Crippen molar-refractivity contribution in [3.05, 3.63) is 144 Å². The second-order valence-electron chi connectivity index (χ2n) is 6.64. The van der Waals surface area contributed by atoms with Gasteiger partial charge in [-0.1, -0.05) is 121 Å². The number of carbonyl (C=O) groups excluding carboxylic acids is 1. The lowest BCUT2D eigenvalue weighted by Crippen LogP contribution is -2.12. The summed E-state index contributed by atoms with van der Waals surface area (Å²) in [6.45, 7) is 1.85. The maximum Gasteiger partial charge on any atom is 0.193 e. The molecule has 0 aliphatic heterocycles. The van der Waals surface area contributed by atoms with Gasteiger partial charge in [0.2, 0.25) is 0 Å². The monoisotopic (exact) mass is 379 g/mol. The van der Waals surface area contributed by atoms with Crippen molar-refractivity contribution < 1.29 is 4.79 Å². The molecule has 1 N–H and O–H groups in total. The summed E-state index contributed by atoms with van der Waals surface area (Å²) in [7, 11) is 0. The average molecular weight is 380 g/mol. The minimum absolute atomic E-state index is 0.0752. The predicted molar refractivity (Wildman–Crippen MR) is 120 cm³/mol. The third-order valence-corrected chi connectivity index (χ3v) is 4.42. The van der Waals surface area contributed by atoms with E-state index in [4.69, 9.17) is 0 Å². The quantitative estimate of drug-likeness (QED) is 0.423. The van der Waals surface area contributed by atoms with Gasteiger partial charge in [0.25, 0.3) is 0 Å². The number of benzene rings is 4. The minimum Gasteiger partial charge on any atom is -0.309 e. The highest BCUT2D eigenvalue weighted by molar-refractivity contribution is 6.08. The maximum absolute atomic E-state index is 11.8. The van der Waals surface area contributed by atoms with Crippen LogP contribution in [0.1, 0.15) is 27.0 Å². The summed E-state index contributed by atoms with van der Waals surface area (Å²) in [5.74, 6) is 0.0752. The van der Waals surface area contributed by atoms with Crippen molar-refractivity contribution in [2.45, 2.75) is 13.1 Å². The number of carbonyl (C=O) groups is 1. The van der Waals surface area contributed by atoms with Crippen LogP contribution in [-0.2, 0) is 13.1 Å². The van der Waals surface area contributed by atoms with Crippen molar-refractivity contribution in [1.82, 2.24) is 5.32 Å². The van der Waals surface area contributed by atoms with E-state index >= 15 is 0 Å². The van der Waals surface area contributed by atoms with Crippen LogP contribution in [0, 0.1) is 0 Å². The number of ketones is 1. The van der Waals surface area contributed by atoms with Gasteiger partial charge >= 0.3 is 0 Å². The maximum atomic E-state index is 11.8. The molecule has 0 unspecified atom stereocenters. The zero-order chi connectivity index (χ0) is 20.2. The second-order valence-corrected chi connectivity index (χ2v) is 6.64. The van der Waals surface area contributed by atoms with Crippen LogP contribution in [-0.4, -0.2) is 5.78 Å². The number of nitrogens with one attached hydrogen (secondary N) is 1. The molecule has 0 heterocycles. The van der Waals surface area contributed by atoms with Crippen LogP contribution >= 0.6 is 0 Å². The molecule has 0 aliphatic carbocycles. The molecule has 0 fully saturated rings. The summed E-state index contributed by atoms with van der Waals surface area (Å²) >= 11 is 0. The van der Waals surface area contributed by atoms with E-state index in [1.807, 2.05) is 72.8 Å². The molecule has 2 nitrogen and oxygen atoms in total. The summed E-state index contributed by atoms with van der Waals surface area (Å²) < 4.78 is 0. The lowest BCUT2D eigenvalue weighted by atomic mass is 10.0. The van der Waals surface area contributed by atoms with Crippen molar-refractivity contribution in [2.24, 2.45) is 0 Å². The molecule has 0 aliphatic rings. The highest BCUT2D eigenvalue weighted by Gasteiger charge is 2.06. The fourth-order valence-electron chi connectivity index (χ4n) is 2.89. The van der Waals surface area contributed by atoms with E-state index in [9.17, 15) is 4.79 Å². The summed E-state index contributed by atoms with van der Waals surface area (Å²) in [5.41, 5.74) is 4.12. The minimum atomic E-state index is 0.0752. The fraction of sp³-hybridized carbons (Fsp3) is 0.0741. The molecule has 0 amide bonds. The topological polar surface area (TPSA) is 29.1 Å². The largest absolute Gasteiger partial charge is 0.309 e. The number of hydrogen-bond donors (Lipinski definition) is 1. The van der Waals surface area contributed by atoms with E-state index in [0.717, 1.165) is 24.2 Å². The first-order chi connectivity index (χ1) is 14.3. The molecule has 4 rings (SSSR count). The molecule has 0 radical (unpaired) electrons. The third-order valence-electron chi connectivity index (χ3n) is 4.42. The molecule has 0 spiro atoms. The van der Waals surface area contributed by atoms with Crippen molar-refractivity contribution in [3.63, 3.8) is 0 Å². The summed E-state index contributed by atoms with van der Waals surface area (Å²) in [4.78, 5) is 11.8. The molecule has 144 valence electrons. The van der Waals surface area contributed by atoms with Crippen LogP contribution in [0.25, 0.3) is 0 Å². The fourth-order valence-corrected chi connectivity index (χ4v) is 2.89. The van der Waals surface area contributed by atoms with Crippen molar-refractivity contribution in [3.8, 4) is 0 Å². The molecule has 4 aromatic carbocycles. The molecule has 4 aromatic rings. The van der Waals surface area contributed by atoms with Crippen LogP contribution in [0.15, 0.2) is 121 Å². The Kier molecular flexibility index (Phi) is 7.94. The molecule has 0 bridgehead atoms. The first kappa shape index (κ1) is 20.2. The third kappa shape index (κ3) is 6.87.